The topological polar surface area (TPSA) is 81.8 Å². The molecular weight excluding hydrogens is 374 g/mol. The van der Waals surface area contributed by atoms with Gasteiger partial charge in [-0.2, -0.15) is 10.4 Å². The minimum Gasteiger partial charge on any atom is -0.370 e. The van der Waals surface area contributed by atoms with Crippen LogP contribution < -0.4 is 15.5 Å². The van der Waals surface area contributed by atoms with Crippen LogP contribution in [0, 0.1) is 11.3 Å². The van der Waals surface area contributed by atoms with Gasteiger partial charge in [-0.1, -0.05) is 18.2 Å². The van der Waals surface area contributed by atoms with Gasteiger partial charge >= 0.3 is 0 Å². The fourth-order valence-corrected chi connectivity index (χ4v) is 4.20. The van der Waals surface area contributed by atoms with E-state index in [0.717, 1.165) is 48.2 Å². The van der Waals surface area contributed by atoms with Crippen molar-refractivity contribution in [2.45, 2.75) is 45.2 Å². The second-order valence-corrected chi connectivity index (χ2v) is 9.00. The van der Waals surface area contributed by atoms with Crippen molar-refractivity contribution in [2.75, 3.05) is 23.3 Å². The van der Waals surface area contributed by atoms with Gasteiger partial charge in [-0.15, -0.1) is 0 Å². The Kier molecular flexibility index (Phi) is 5.35. The molecule has 1 aliphatic rings. The van der Waals surface area contributed by atoms with E-state index in [2.05, 4.69) is 53.5 Å². The van der Waals surface area contributed by atoms with E-state index in [4.69, 9.17) is 4.98 Å². The van der Waals surface area contributed by atoms with Crippen molar-refractivity contribution in [2.24, 2.45) is 7.05 Å². The van der Waals surface area contributed by atoms with Crippen molar-refractivity contribution >= 4 is 28.1 Å². The Bertz CT molecular complexity index is 1080. The maximum atomic E-state index is 10.1. The van der Waals surface area contributed by atoms with Crippen LogP contribution in [0.25, 0.3) is 10.9 Å². The monoisotopic (exact) mass is 403 g/mol. The maximum Gasteiger partial charge on any atom is 0.151 e. The van der Waals surface area contributed by atoms with Gasteiger partial charge in [0, 0.05) is 43.3 Å². The summed E-state index contributed by atoms with van der Waals surface area (Å²) in [5, 5.41) is 22.3. The zero-order valence-corrected chi connectivity index (χ0v) is 18.1. The number of hydrogen-bond acceptors (Lipinski definition) is 6. The number of nitrogens with zero attached hydrogens (tertiary/aromatic N) is 5. The first kappa shape index (κ1) is 20.2. The van der Waals surface area contributed by atoms with Crippen LogP contribution in [0.3, 0.4) is 0 Å². The van der Waals surface area contributed by atoms with E-state index in [1.54, 1.807) is 10.9 Å². The highest BCUT2D eigenvalue weighted by Gasteiger charge is 2.27. The molecule has 2 aromatic heterocycles. The van der Waals surface area contributed by atoms with E-state index in [9.17, 15) is 5.26 Å². The molecule has 7 nitrogen and oxygen atoms in total. The van der Waals surface area contributed by atoms with Crippen LogP contribution in [-0.2, 0) is 7.05 Å². The van der Waals surface area contributed by atoms with Gasteiger partial charge < -0.3 is 15.5 Å². The second-order valence-electron chi connectivity index (χ2n) is 9.00. The Morgan fingerprint density at radius 3 is 2.53 bits per heavy atom. The van der Waals surface area contributed by atoms with Crippen molar-refractivity contribution < 1.29 is 0 Å². The molecule has 0 saturated carbocycles. The average molecular weight is 404 g/mol. The molecule has 30 heavy (non-hydrogen) atoms. The van der Waals surface area contributed by atoms with Crippen LogP contribution in [0.2, 0.25) is 0 Å². The molecule has 3 heterocycles. The van der Waals surface area contributed by atoms with Crippen molar-refractivity contribution in [3.63, 3.8) is 0 Å². The minimum absolute atomic E-state index is 0.106. The standard InChI is InChI=1S/C23H29N7/c1-23(2,3)28-16-9-11-30(12-10-16)21-18-7-5-6-8-20(18)27-22(19(21)13-24)26-17-14-25-29(4)15-17/h5-8,14-16,28H,9-12H2,1-4H3,(H,26,27). The van der Waals surface area contributed by atoms with Gasteiger partial charge in [0.25, 0.3) is 0 Å². The van der Waals surface area contributed by atoms with Gasteiger partial charge in [0.2, 0.25) is 0 Å². The summed E-state index contributed by atoms with van der Waals surface area (Å²) in [6, 6.07) is 11.0. The van der Waals surface area contributed by atoms with Crippen LogP contribution in [0.1, 0.15) is 39.2 Å². The third-order valence-corrected chi connectivity index (χ3v) is 5.39. The van der Waals surface area contributed by atoms with E-state index in [1.807, 2.05) is 31.4 Å². The van der Waals surface area contributed by atoms with Crippen LogP contribution in [0.4, 0.5) is 17.2 Å². The fourth-order valence-electron chi connectivity index (χ4n) is 4.20. The predicted molar refractivity (Wildman–Crippen MR) is 121 cm³/mol. The summed E-state index contributed by atoms with van der Waals surface area (Å²) in [5.41, 5.74) is 3.36. The Morgan fingerprint density at radius 1 is 1.17 bits per heavy atom. The van der Waals surface area contributed by atoms with Crippen LogP contribution >= 0.6 is 0 Å². The number of nitrogens with one attached hydrogen (secondary N) is 2. The van der Waals surface area contributed by atoms with Crippen molar-refractivity contribution in [1.82, 2.24) is 20.1 Å². The van der Waals surface area contributed by atoms with E-state index in [-0.39, 0.29) is 5.54 Å². The van der Waals surface area contributed by atoms with E-state index in [0.29, 0.717) is 17.4 Å². The number of piperidine rings is 1. The number of pyridine rings is 1. The van der Waals surface area contributed by atoms with Crippen molar-refractivity contribution in [3.05, 3.63) is 42.2 Å². The number of anilines is 3. The third kappa shape index (κ3) is 4.24. The minimum atomic E-state index is 0.106. The molecule has 156 valence electrons. The molecule has 3 aromatic rings. The highest BCUT2D eigenvalue weighted by atomic mass is 15.3. The number of nitriles is 1. The first-order valence-corrected chi connectivity index (χ1v) is 10.5. The van der Waals surface area contributed by atoms with E-state index in [1.165, 1.54) is 0 Å². The molecule has 1 saturated heterocycles. The number of para-hydroxylation sites is 1. The lowest BCUT2D eigenvalue weighted by Gasteiger charge is -2.38. The lowest BCUT2D eigenvalue weighted by molar-refractivity contribution is 0.317. The van der Waals surface area contributed by atoms with E-state index >= 15 is 0 Å². The number of fused-ring (bicyclic) bond motifs is 1. The Morgan fingerprint density at radius 2 is 1.90 bits per heavy atom. The lowest BCUT2D eigenvalue weighted by Crippen LogP contribution is -2.49. The molecule has 0 bridgehead atoms. The molecule has 4 rings (SSSR count). The van der Waals surface area contributed by atoms with E-state index < -0.39 is 0 Å². The summed E-state index contributed by atoms with van der Waals surface area (Å²) in [4.78, 5) is 7.10. The van der Waals surface area contributed by atoms with Crippen LogP contribution in [0.5, 0.6) is 0 Å². The summed E-state index contributed by atoms with van der Waals surface area (Å²) in [7, 11) is 1.87. The molecule has 0 amide bonds. The number of rotatable bonds is 4. The predicted octanol–water partition coefficient (Wildman–Crippen LogP) is 3.94. The third-order valence-electron chi connectivity index (χ3n) is 5.39. The molecule has 0 spiro atoms. The van der Waals surface area contributed by atoms with Crippen LogP contribution in [0.15, 0.2) is 36.7 Å². The maximum absolute atomic E-state index is 10.1. The quantitative estimate of drug-likeness (QED) is 0.687. The SMILES string of the molecule is Cn1cc(Nc2nc3ccccc3c(N3CCC(NC(C)(C)C)CC3)c2C#N)cn1. The van der Waals surface area contributed by atoms with Gasteiger partial charge in [-0.05, 0) is 39.7 Å². The molecule has 1 aromatic carbocycles. The molecule has 2 N–H and O–H groups in total. The molecule has 0 radical (unpaired) electrons. The summed E-state index contributed by atoms with van der Waals surface area (Å²) in [6.07, 6.45) is 5.71. The Hall–Kier alpha value is -3.11. The van der Waals surface area contributed by atoms with Crippen molar-refractivity contribution in [3.8, 4) is 6.07 Å². The number of aromatic nitrogens is 3. The second kappa shape index (κ2) is 7.96. The highest BCUT2D eigenvalue weighted by molar-refractivity contribution is 5.98. The molecule has 0 unspecified atom stereocenters. The number of benzene rings is 1. The largest absolute Gasteiger partial charge is 0.370 e. The van der Waals surface area contributed by atoms with Crippen LogP contribution in [-0.4, -0.2) is 39.4 Å². The Balaban J connectivity index is 1.71. The summed E-state index contributed by atoms with van der Waals surface area (Å²) in [6.45, 7) is 8.44. The molecule has 0 atom stereocenters. The van der Waals surface area contributed by atoms with Gasteiger partial charge in [-0.25, -0.2) is 4.98 Å². The first-order chi connectivity index (χ1) is 14.3. The van der Waals surface area contributed by atoms with Gasteiger partial charge in [0.1, 0.15) is 11.6 Å². The molecule has 1 aliphatic heterocycles. The fraction of sp³-hybridized carbons (Fsp3) is 0.435. The summed E-state index contributed by atoms with van der Waals surface area (Å²) in [5.74, 6) is 0.578. The zero-order valence-electron chi connectivity index (χ0n) is 18.1. The molecular formula is C23H29N7. The molecule has 7 heteroatoms. The normalized spacial score (nSPS) is 15.4. The summed E-state index contributed by atoms with van der Waals surface area (Å²) < 4.78 is 1.73. The Labute approximate surface area is 177 Å². The first-order valence-electron chi connectivity index (χ1n) is 10.5. The molecule has 0 aliphatic carbocycles. The van der Waals surface area contributed by atoms with Gasteiger partial charge in [-0.3, -0.25) is 4.68 Å². The lowest BCUT2D eigenvalue weighted by atomic mass is 9.98. The highest BCUT2D eigenvalue weighted by Crippen LogP contribution is 2.36. The number of aryl methyl sites for hydroxylation is 1. The van der Waals surface area contributed by atoms with Gasteiger partial charge in [0.05, 0.1) is 23.1 Å². The smallest absolute Gasteiger partial charge is 0.151 e. The van der Waals surface area contributed by atoms with Gasteiger partial charge in [0.15, 0.2) is 5.82 Å². The average Bonchev–Trinajstić information content (AvgIpc) is 3.11. The summed E-state index contributed by atoms with van der Waals surface area (Å²) >= 11 is 0. The zero-order chi connectivity index (χ0) is 21.3. The van der Waals surface area contributed by atoms with Crippen molar-refractivity contribution in [1.29, 1.82) is 5.26 Å². The molecule has 1 fully saturated rings. The number of hydrogen-bond donors (Lipinski definition) is 2.